The maximum absolute atomic E-state index is 10.7. The molecule has 240 valence electrons. The lowest BCUT2D eigenvalue weighted by molar-refractivity contribution is -0.333. The number of phenolic OH excluding ortho intramolecular Hbond substituents is 2. The molecule has 0 saturated carbocycles. The number of rotatable bonds is 13. The van der Waals surface area contributed by atoms with Crippen LogP contribution in [0.15, 0.2) is 48.5 Å². The maximum Gasteiger partial charge on any atom is 0.186 e. The first-order chi connectivity index (χ1) is 20.5. The van der Waals surface area contributed by atoms with Gasteiger partial charge in [0.15, 0.2) is 12.6 Å². The summed E-state index contributed by atoms with van der Waals surface area (Å²) < 4.78 is 23.0. The Bertz CT molecular complexity index is 1100. The second-order valence-corrected chi connectivity index (χ2v) is 11.4. The fourth-order valence-electron chi connectivity index (χ4n) is 5.33. The van der Waals surface area contributed by atoms with E-state index in [1.54, 1.807) is 24.3 Å². The molecule has 0 aliphatic carbocycles. The summed E-state index contributed by atoms with van der Waals surface area (Å²) in [5.41, 5.74) is 2.07. The average Bonchev–Trinajstić information content (AvgIpc) is 3.00. The second kappa shape index (κ2) is 15.6. The molecule has 8 N–H and O–H groups in total. The van der Waals surface area contributed by atoms with E-state index >= 15 is 0 Å². The Morgan fingerprint density at radius 1 is 0.628 bits per heavy atom. The number of aliphatic hydroxyl groups excluding tert-OH is 6. The Hall–Kier alpha value is -2.36. The van der Waals surface area contributed by atoms with Crippen LogP contribution in [-0.2, 0) is 31.8 Å². The van der Waals surface area contributed by atoms with Crippen molar-refractivity contribution in [1.29, 1.82) is 0 Å². The van der Waals surface area contributed by atoms with Gasteiger partial charge in [0.1, 0.15) is 54.2 Å². The minimum absolute atomic E-state index is 0.164. The molecule has 0 spiro atoms. The Morgan fingerprint density at radius 2 is 1.19 bits per heavy atom. The normalized spacial score (nSPS) is 33.7. The van der Waals surface area contributed by atoms with E-state index in [0.717, 1.165) is 30.4 Å². The average molecular weight is 609 g/mol. The van der Waals surface area contributed by atoms with Crippen LogP contribution in [0.1, 0.15) is 43.7 Å². The van der Waals surface area contributed by atoms with E-state index in [-0.39, 0.29) is 18.1 Å². The quantitative estimate of drug-likeness (QED) is 0.147. The summed E-state index contributed by atoms with van der Waals surface area (Å²) in [6.07, 6.45) is -9.83. The maximum atomic E-state index is 10.7. The van der Waals surface area contributed by atoms with E-state index in [2.05, 4.69) is 0 Å². The zero-order valence-electron chi connectivity index (χ0n) is 24.1. The van der Waals surface area contributed by atoms with Crippen LogP contribution in [0.2, 0.25) is 0 Å². The molecule has 2 heterocycles. The zero-order chi connectivity index (χ0) is 31.1. The second-order valence-electron chi connectivity index (χ2n) is 11.4. The van der Waals surface area contributed by atoms with Crippen LogP contribution in [0, 0.1) is 0 Å². The van der Waals surface area contributed by atoms with E-state index in [4.69, 9.17) is 18.9 Å². The van der Waals surface area contributed by atoms with Crippen molar-refractivity contribution < 1.29 is 59.8 Å². The van der Waals surface area contributed by atoms with Crippen LogP contribution in [0.4, 0.5) is 0 Å². The number of benzene rings is 2. The number of hydrogen-bond donors (Lipinski definition) is 8. The van der Waals surface area contributed by atoms with Crippen molar-refractivity contribution in [3.05, 3.63) is 59.7 Å². The number of aryl methyl sites for hydroxylation is 2. The van der Waals surface area contributed by atoms with Gasteiger partial charge in [-0.3, -0.25) is 0 Å². The Kier molecular flexibility index (Phi) is 12.1. The summed E-state index contributed by atoms with van der Waals surface area (Å²) in [6, 6.07) is 13.9. The van der Waals surface area contributed by atoms with Gasteiger partial charge in [-0.1, -0.05) is 30.7 Å². The van der Waals surface area contributed by atoms with Gasteiger partial charge in [-0.25, -0.2) is 0 Å². The van der Waals surface area contributed by atoms with Gasteiger partial charge in [0.25, 0.3) is 0 Å². The minimum Gasteiger partial charge on any atom is -0.508 e. The third kappa shape index (κ3) is 9.08. The zero-order valence-corrected chi connectivity index (χ0v) is 24.1. The highest BCUT2D eigenvalue weighted by atomic mass is 16.7. The monoisotopic (exact) mass is 608 g/mol. The first kappa shape index (κ1) is 33.5. The Balaban J connectivity index is 1.37. The van der Waals surface area contributed by atoms with Gasteiger partial charge in [0, 0.05) is 0 Å². The fraction of sp³-hybridized carbons (Fsp3) is 0.613. The van der Waals surface area contributed by atoms with Crippen molar-refractivity contribution in [2.45, 2.75) is 113 Å². The molecule has 43 heavy (non-hydrogen) atoms. The molecular formula is C31H44O12. The molecular weight excluding hydrogens is 564 g/mol. The third-order valence-electron chi connectivity index (χ3n) is 8.10. The highest BCUT2D eigenvalue weighted by Gasteiger charge is 2.47. The molecule has 0 radical (unpaired) electrons. The van der Waals surface area contributed by atoms with Gasteiger partial charge < -0.3 is 59.8 Å². The van der Waals surface area contributed by atoms with Gasteiger partial charge in [0.2, 0.25) is 0 Å². The molecule has 12 nitrogen and oxygen atoms in total. The van der Waals surface area contributed by atoms with Crippen molar-refractivity contribution in [2.24, 2.45) is 0 Å². The largest absolute Gasteiger partial charge is 0.508 e. The lowest BCUT2D eigenvalue weighted by atomic mass is 9.98. The molecule has 2 aromatic carbocycles. The predicted octanol–water partition coefficient (Wildman–Crippen LogP) is 0.480. The van der Waals surface area contributed by atoms with Crippen molar-refractivity contribution >= 4 is 0 Å². The van der Waals surface area contributed by atoms with Gasteiger partial charge in [0.05, 0.1) is 18.8 Å². The van der Waals surface area contributed by atoms with Crippen molar-refractivity contribution in [3.8, 4) is 11.5 Å². The van der Waals surface area contributed by atoms with E-state index in [9.17, 15) is 40.9 Å². The molecule has 2 aromatic rings. The van der Waals surface area contributed by atoms with Crippen LogP contribution in [0.3, 0.4) is 0 Å². The number of phenols is 2. The van der Waals surface area contributed by atoms with E-state index in [1.807, 2.05) is 24.3 Å². The molecule has 2 fully saturated rings. The lowest BCUT2D eigenvalue weighted by Crippen LogP contribution is -2.61. The lowest BCUT2D eigenvalue weighted by Gasteiger charge is -2.43. The topological polar surface area (TPSA) is 199 Å². The molecule has 11 atom stereocenters. The van der Waals surface area contributed by atoms with Crippen LogP contribution in [-0.4, -0.2) is 115 Å². The summed E-state index contributed by atoms with van der Waals surface area (Å²) >= 11 is 0. The standard InChI is InChI=1S/C31H44O12/c1-17-24(34)26(36)28(38)30(41-17)40-16-23-25(35)27(37)29(39)31(43-23)42-22(15-10-19-8-13-21(33)14-9-19)5-3-2-4-18-6-11-20(32)12-7-18/h6-9,11-14,17,22-39H,2-5,10,15-16H2,1H3/t17-,22-,23+,24-,25+,26+,27-,28+,29+,30+,31+/m0/s1. The first-order valence-electron chi connectivity index (χ1n) is 14.8. The Labute approximate surface area is 250 Å². The van der Waals surface area contributed by atoms with E-state index in [0.29, 0.717) is 19.3 Å². The molecule has 4 rings (SSSR count). The van der Waals surface area contributed by atoms with Gasteiger partial charge >= 0.3 is 0 Å². The summed E-state index contributed by atoms with van der Waals surface area (Å²) in [5.74, 6) is 0.374. The number of hydrogen-bond acceptors (Lipinski definition) is 12. The van der Waals surface area contributed by atoms with Crippen molar-refractivity contribution in [1.82, 2.24) is 0 Å². The Morgan fingerprint density at radius 3 is 1.81 bits per heavy atom. The summed E-state index contributed by atoms with van der Waals surface area (Å²) in [6.45, 7) is 1.14. The minimum atomic E-state index is -1.61. The van der Waals surface area contributed by atoms with Crippen molar-refractivity contribution in [3.63, 3.8) is 0 Å². The molecule has 0 amide bonds. The smallest absolute Gasteiger partial charge is 0.186 e. The summed E-state index contributed by atoms with van der Waals surface area (Å²) in [7, 11) is 0. The number of aliphatic hydroxyl groups is 6. The van der Waals surface area contributed by atoms with Gasteiger partial charge in [-0.2, -0.15) is 0 Å². The van der Waals surface area contributed by atoms with E-state index in [1.165, 1.54) is 6.92 Å². The summed E-state index contributed by atoms with van der Waals surface area (Å²) in [5, 5.41) is 81.2. The number of ether oxygens (including phenoxy) is 4. The highest BCUT2D eigenvalue weighted by molar-refractivity contribution is 5.26. The first-order valence-corrected chi connectivity index (χ1v) is 14.8. The van der Waals surface area contributed by atoms with Crippen LogP contribution in [0.5, 0.6) is 11.5 Å². The fourth-order valence-corrected chi connectivity index (χ4v) is 5.33. The molecule has 0 bridgehead atoms. The highest BCUT2D eigenvalue weighted by Crippen LogP contribution is 2.28. The number of unbranched alkanes of at least 4 members (excludes halogenated alkanes) is 1. The molecule has 2 aliphatic heterocycles. The third-order valence-corrected chi connectivity index (χ3v) is 8.10. The molecule has 0 aromatic heterocycles. The van der Waals surface area contributed by atoms with E-state index < -0.39 is 67.5 Å². The van der Waals surface area contributed by atoms with Crippen molar-refractivity contribution in [2.75, 3.05) is 6.61 Å². The van der Waals surface area contributed by atoms with Gasteiger partial charge in [-0.15, -0.1) is 0 Å². The van der Waals surface area contributed by atoms with Gasteiger partial charge in [-0.05, 0) is 74.4 Å². The SMILES string of the molecule is C[C@@H]1O[C@@H](OC[C@H]2O[C@@H](O[C@@H](CCCCc3ccc(O)cc3)CCc3ccc(O)cc3)[C@H](O)[C@@H](O)[C@@H]2O)[C@H](O)[C@H](O)[C@H]1O. The molecule has 12 heteroatoms. The van der Waals surface area contributed by atoms with Crippen LogP contribution >= 0.6 is 0 Å². The molecule has 2 saturated heterocycles. The molecule has 2 aliphatic rings. The number of aromatic hydroxyl groups is 2. The predicted molar refractivity (Wildman–Crippen MR) is 152 cm³/mol. The summed E-state index contributed by atoms with van der Waals surface area (Å²) in [4.78, 5) is 0. The molecule has 0 unspecified atom stereocenters. The van der Waals surface area contributed by atoms with Crippen LogP contribution < -0.4 is 0 Å². The van der Waals surface area contributed by atoms with Crippen LogP contribution in [0.25, 0.3) is 0 Å².